The number of amides is 2. The number of rotatable bonds is 2. The number of anilines is 1. The van der Waals surface area contributed by atoms with Gasteiger partial charge in [-0.2, -0.15) is 4.98 Å². The molecule has 27 heavy (non-hydrogen) atoms. The minimum atomic E-state index is -0.308. The number of aryl methyl sites for hydroxylation is 1. The van der Waals surface area contributed by atoms with E-state index in [1.807, 2.05) is 34.9 Å². The van der Waals surface area contributed by atoms with Crippen molar-refractivity contribution in [2.45, 2.75) is 13.0 Å². The van der Waals surface area contributed by atoms with Gasteiger partial charge < -0.3 is 14.3 Å². The number of para-hydroxylation sites is 2. The first-order valence-electron chi connectivity index (χ1n) is 8.77. The average molecular weight is 360 g/mol. The van der Waals surface area contributed by atoms with Gasteiger partial charge in [-0.15, -0.1) is 0 Å². The van der Waals surface area contributed by atoms with E-state index in [1.165, 1.54) is 0 Å². The molecule has 2 N–H and O–H groups in total. The van der Waals surface area contributed by atoms with Crippen LogP contribution < -0.4 is 10.6 Å². The maximum absolute atomic E-state index is 12.7. The Bertz CT molecular complexity index is 1170. The molecule has 1 aliphatic rings. The van der Waals surface area contributed by atoms with Gasteiger partial charge in [0, 0.05) is 29.6 Å². The predicted molar refractivity (Wildman–Crippen MR) is 101 cm³/mol. The van der Waals surface area contributed by atoms with E-state index in [1.54, 1.807) is 18.2 Å². The van der Waals surface area contributed by atoms with Crippen LogP contribution in [0.15, 0.2) is 52.9 Å². The SMILES string of the molecule is O=C(Nc1nc2ccccc2o1)c1ccc2cc3n(c2c1)CCCNC3=O. The van der Waals surface area contributed by atoms with Crippen molar-refractivity contribution in [3.63, 3.8) is 0 Å². The largest absolute Gasteiger partial charge is 0.423 e. The first kappa shape index (κ1) is 15.6. The van der Waals surface area contributed by atoms with Crippen LogP contribution >= 0.6 is 0 Å². The molecule has 2 aromatic heterocycles. The second-order valence-corrected chi connectivity index (χ2v) is 6.51. The summed E-state index contributed by atoms with van der Waals surface area (Å²) in [6, 6.07) is 14.7. The fraction of sp³-hybridized carbons (Fsp3) is 0.150. The molecule has 134 valence electrons. The van der Waals surface area contributed by atoms with Crippen LogP contribution in [-0.4, -0.2) is 27.9 Å². The maximum atomic E-state index is 12.7. The Kier molecular flexibility index (Phi) is 3.46. The van der Waals surface area contributed by atoms with Gasteiger partial charge in [-0.05, 0) is 36.8 Å². The summed E-state index contributed by atoms with van der Waals surface area (Å²) in [5, 5.41) is 6.52. The lowest BCUT2D eigenvalue weighted by Gasteiger charge is -2.06. The highest BCUT2D eigenvalue weighted by Gasteiger charge is 2.19. The third-order valence-corrected chi connectivity index (χ3v) is 4.76. The highest BCUT2D eigenvalue weighted by Crippen LogP contribution is 2.24. The minimum absolute atomic E-state index is 0.0822. The normalized spacial score (nSPS) is 14.0. The summed E-state index contributed by atoms with van der Waals surface area (Å²) < 4.78 is 7.52. The highest BCUT2D eigenvalue weighted by molar-refractivity contribution is 6.06. The molecule has 0 aliphatic carbocycles. The summed E-state index contributed by atoms with van der Waals surface area (Å²) in [5.74, 6) is -0.391. The quantitative estimate of drug-likeness (QED) is 0.575. The van der Waals surface area contributed by atoms with Crippen LogP contribution in [0.5, 0.6) is 0 Å². The Morgan fingerprint density at radius 3 is 2.96 bits per heavy atom. The van der Waals surface area contributed by atoms with Gasteiger partial charge in [-0.25, -0.2) is 0 Å². The Balaban J connectivity index is 1.49. The number of nitrogens with one attached hydrogen (secondary N) is 2. The molecular formula is C20H16N4O3. The summed E-state index contributed by atoms with van der Waals surface area (Å²) in [7, 11) is 0. The van der Waals surface area contributed by atoms with E-state index in [4.69, 9.17) is 4.42 Å². The van der Waals surface area contributed by atoms with Crippen molar-refractivity contribution in [1.82, 2.24) is 14.9 Å². The molecule has 0 unspecified atom stereocenters. The van der Waals surface area contributed by atoms with E-state index in [0.717, 1.165) is 23.9 Å². The van der Waals surface area contributed by atoms with E-state index >= 15 is 0 Å². The minimum Gasteiger partial charge on any atom is -0.423 e. The van der Waals surface area contributed by atoms with Crippen molar-refractivity contribution in [2.75, 3.05) is 11.9 Å². The van der Waals surface area contributed by atoms with Crippen LogP contribution in [0.4, 0.5) is 6.01 Å². The van der Waals surface area contributed by atoms with Gasteiger partial charge in [0.05, 0.1) is 0 Å². The molecule has 0 bridgehead atoms. The van der Waals surface area contributed by atoms with E-state index in [-0.39, 0.29) is 17.8 Å². The summed E-state index contributed by atoms with van der Waals surface area (Å²) in [6.07, 6.45) is 0.849. The van der Waals surface area contributed by atoms with Gasteiger partial charge in [-0.3, -0.25) is 14.9 Å². The molecule has 4 aromatic rings. The summed E-state index contributed by atoms with van der Waals surface area (Å²) in [5.41, 5.74) is 3.28. The Labute approximate surface area is 154 Å². The van der Waals surface area contributed by atoms with Crippen molar-refractivity contribution in [2.24, 2.45) is 0 Å². The van der Waals surface area contributed by atoms with Crippen LogP contribution in [-0.2, 0) is 6.54 Å². The lowest BCUT2D eigenvalue weighted by atomic mass is 10.1. The monoisotopic (exact) mass is 360 g/mol. The lowest BCUT2D eigenvalue weighted by molar-refractivity contribution is 0.0950. The van der Waals surface area contributed by atoms with Gasteiger partial charge >= 0.3 is 6.01 Å². The highest BCUT2D eigenvalue weighted by atomic mass is 16.4. The van der Waals surface area contributed by atoms with Gasteiger partial charge in [0.25, 0.3) is 11.8 Å². The van der Waals surface area contributed by atoms with E-state index in [0.29, 0.717) is 28.9 Å². The molecule has 3 heterocycles. The molecular weight excluding hydrogens is 344 g/mol. The topological polar surface area (TPSA) is 89.2 Å². The smallest absolute Gasteiger partial charge is 0.302 e. The number of benzene rings is 2. The average Bonchev–Trinajstić information content (AvgIpc) is 3.19. The second kappa shape index (κ2) is 5.98. The lowest BCUT2D eigenvalue weighted by Crippen LogP contribution is -2.22. The van der Waals surface area contributed by atoms with Crippen LogP contribution in [0.3, 0.4) is 0 Å². The molecule has 2 aromatic carbocycles. The maximum Gasteiger partial charge on any atom is 0.302 e. The summed E-state index contributed by atoms with van der Waals surface area (Å²) >= 11 is 0. The molecule has 0 saturated heterocycles. The molecule has 0 spiro atoms. The molecule has 1 aliphatic heterocycles. The molecule has 2 amide bonds. The van der Waals surface area contributed by atoms with Crippen LogP contribution in [0, 0.1) is 0 Å². The Hall–Kier alpha value is -3.61. The predicted octanol–water partition coefficient (Wildman–Crippen LogP) is 3.17. The van der Waals surface area contributed by atoms with E-state index in [9.17, 15) is 9.59 Å². The first-order chi connectivity index (χ1) is 13.2. The Morgan fingerprint density at radius 1 is 1.19 bits per heavy atom. The molecule has 7 heteroatoms. The van der Waals surface area contributed by atoms with E-state index < -0.39 is 0 Å². The number of carbonyl (C=O) groups excluding carboxylic acids is 2. The number of carbonyl (C=O) groups is 2. The molecule has 0 radical (unpaired) electrons. The number of hydrogen-bond donors (Lipinski definition) is 2. The van der Waals surface area contributed by atoms with Gasteiger partial charge in [0.2, 0.25) is 0 Å². The number of fused-ring (bicyclic) bond motifs is 4. The van der Waals surface area contributed by atoms with Crippen molar-refractivity contribution in [3.8, 4) is 0 Å². The number of aromatic nitrogens is 2. The number of hydrogen-bond acceptors (Lipinski definition) is 4. The second-order valence-electron chi connectivity index (χ2n) is 6.51. The molecule has 0 fully saturated rings. The molecule has 5 rings (SSSR count). The van der Waals surface area contributed by atoms with Crippen LogP contribution in [0.2, 0.25) is 0 Å². The third kappa shape index (κ3) is 2.64. The molecule has 0 atom stereocenters. The van der Waals surface area contributed by atoms with Crippen molar-refractivity contribution in [3.05, 3.63) is 59.8 Å². The zero-order valence-corrected chi connectivity index (χ0v) is 14.4. The van der Waals surface area contributed by atoms with Crippen LogP contribution in [0.25, 0.3) is 22.0 Å². The standard InChI is InChI=1S/C20H16N4O3/c25-18(23-20-22-14-4-1-2-5-17(14)27-20)13-7-6-12-10-16-19(26)21-8-3-9-24(16)15(12)11-13/h1-2,4-7,10-11H,3,8-9H2,(H,21,26)(H,22,23,25). The number of nitrogens with zero attached hydrogens (tertiary/aromatic N) is 2. The third-order valence-electron chi connectivity index (χ3n) is 4.76. The number of oxazole rings is 1. The van der Waals surface area contributed by atoms with Crippen LogP contribution in [0.1, 0.15) is 27.3 Å². The zero-order chi connectivity index (χ0) is 18.4. The zero-order valence-electron chi connectivity index (χ0n) is 14.4. The Morgan fingerprint density at radius 2 is 2.07 bits per heavy atom. The molecule has 7 nitrogen and oxygen atoms in total. The fourth-order valence-corrected chi connectivity index (χ4v) is 3.45. The van der Waals surface area contributed by atoms with Gasteiger partial charge in [0.15, 0.2) is 5.58 Å². The van der Waals surface area contributed by atoms with Crippen molar-refractivity contribution >= 4 is 39.8 Å². The van der Waals surface area contributed by atoms with Gasteiger partial charge in [0.1, 0.15) is 11.2 Å². The fourth-order valence-electron chi connectivity index (χ4n) is 3.45. The van der Waals surface area contributed by atoms with E-state index in [2.05, 4.69) is 15.6 Å². The van der Waals surface area contributed by atoms with Crippen molar-refractivity contribution < 1.29 is 14.0 Å². The van der Waals surface area contributed by atoms with Gasteiger partial charge in [-0.1, -0.05) is 18.2 Å². The summed E-state index contributed by atoms with van der Waals surface area (Å²) in [6.45, 7) is 1.38. The van der Waals surface area contributed by atoms with Crippen molar-refractivity contribution in [1.29, 1.82) is 0 Å². The molecule has 0 saturated carbocycles. The first-order valence-corrected chi connectivity index (χ1v) is 8.77. The summed E-state index contributed by atoms with van der Waals surface area (Å²) in [4.78, 5) is 29.1.